The molecule has 1 rings (SSSR count). The van der Waals surface area contributed by atoms with Crippen molar-refractivity contribution in [2.24, 2.45) is 0 Å². The third-order valence-corrected chi connectivity index (χ3v) is 3.04. The van der Waals surface area contributed by atoms with E-state index in [0.29, 0.717) is 5.56 Å². The van der Waals surface area contributed by atoms with E-state index >= 15 is 0 Å². The van der Waals surface area contributed by atoms with Crippen LogP contribution in [0.2, 0.25) is 0 Å². The standard InChI is InChI=1S/C16H23N3O6/c1-16(2,3)25-15(21)18-13(9-17-10-14(20)24-4)11-5-7-12(8-6-11)19(22)23/h5-8,13,17H,9-10H2,1-4H3,(H,18,21)/t13-/m0/s1. The lowest BCUT2D eigenvalue weighted by molar-refractivity contribution is -0.384. The average Bonchev–Trinajstić information content (AvgIpc) is 2.52. The fraction of sp³-hybridized carbons (Fsp3) is 0.500. The first kappa shape index (κ1) is 20.4. The monoisotopic (exact) mass is 353 g/mol. The second-order valence-electron chi connectivity index (χ2n) is 6.25. The van der Waals surface area contributed by atoms with Crippen LogP contribution in [-0.2, 0) is 14.3 Å². The first-order valence-electron chi connectivity index (χ1n) is 7.64. The van der Waals surface area contributed by atoms with Crippen molar-refractivity contribution in [3.8, 4) is 0 Å². The van der Waals surface area contributed by atoms with Gasteiger partial charge >= 0.3 is 12.1 Å². The molecule has 0 unspecified atom stereocenters. The van der Waals surface area contributed by atoms with Gasteiger partial charge in [-0.1, -0.05) is 12.1 Å². The Morgan fingerprint density at radius 3 is 2.32 bits per heavy atom. The Morgan fingerprint density at radius 2 is 1.84 bits per heavy atom. The summed E-state index contributed by atoms with van der Waals surface area (Å²) in [6.45, 7) is 5.40. The van der Waals surface area contributed by atoms with Gasteiger partial charge < -0.3 is 20.1 Å². The number of hydrogen-bond donors (Lipinski definition) is 2. The molecule has 0 saturated carbocycles. The number of benzene rings is 1. The van der Waals surface area contributed by atoms with Crippen molar-refractivity contribution in [1.82, 2.24) is 10.6 Å². The van der Waals surface area contributed by atoms with Gasteiger partial charge in [0.2, 0.25) is 0 Å². The number of nitrogens with one attached hydrogen (secondary N) is 2. The predicted molar refractivity (Wildman–Crippen MR) is 90.1 cm³/mol. The van der Waals surface area contributed by atoms with Crippen LogP contribution in [0.4, 0.5) is 10.5 Å². The minimum atomic E-state index is -0.663. The minimum Gasteiger partial charge on any atom is -0.468 e. The first-order valence-corrected chi connectivity index (χ1v) is 7.64. The van der Waals surface area contributed by atoms with Crippen LogP contribution < -0.4 is 10.6 Å². The summed E-state index contributed by atoms with van der Waals surface area (Å²) in [5, 5.41) is 16.3. The number of nitro benzene ring substituents is 1. The van der Waals surface area contributed by atoms with Gasteiger partial charge in [-0.05, 0) is 26.3 Å². The Hall–Kier alpha value is -2.68. The minimum absolute atomic E-state index is 0.0318. The first-order chi connectivity index (χ1) is 11.6. The molecule has 1 aromatic rings. The van der Waals surface area contributed by atoms with Crippen molar-refractivity contribution < 1.29 is 24.0 Å². The van der Waals surface area contributed by atoms with Gasteiger partial charge in [-0.25, -0.2) is 4.79 Å². The molecule has 0 aliphatic carbocycles. The summed E-state index contributed by atoms with van der Waals surface area (Å²) in [5.41, 5.74) is -0.0834. The van der Waals surface area contributed by atoms with Crippen molar-refractivity contribution in [2.75, 3.05) is 20.2 Å². The molecule has 0 saturated heterocycles. The smallest absolute Gasteiger partial charge is 0.408 e. The fourth-order valence-electron chi connectivity index (χ4n) is 1.92. The molecule has 0 heterocycles. The number of methoxy groups -OCH3 is 1. The topological polar surface area (TPSA) is 120 Å². The number of carbonyl (C=O) groups excluding carboxylic acids is 2. The van der Waals surface area contributed by atoms with Crippen molar-refractivity contribution in [2.45, 2.75) is 32.4 Å². The highest BCUT2D eigenvalue weighted by Gasteiger charge is 2.21. The van der Waals surface area contributed by atoms with Gasteiger partial charge in [0, 0.05) is 18.7 Å². The molecule has 0 bridgehead atoms. The second kappa shape index (κ2) is 8.97. The maximum atomic E-state index is 12.0. The lowest BCUT2D eigenvalue weighted by Gasteiger charge is -2.24. The van der Waals surface area contributed by atoms with Gasteiger partial charge in [-0.15, -0.1) is 0 Å². The van der Waals surface area contributed by atoms with Crippen molar-refractivity contribution >= 4 is 17.7 Å². The molecule has 0 aliphatic rings. The van der Waals surface area contributed by atoms with Crippen LogP contribution in [0, 0.1) is 10.1 Å². The molecule has 138 valence electrons. The average molecular weight is 353 g/mol. The van der Waals surface area contributed by atoms with Crippen LogP contribution in [0.15, 0.2) is 24.3 Å². The van der Waals surface area contributed by atoms with E-state index in [2.05, 4.69) is 15.4 Å². The highest BCUT2D eigenvalue weighted by atomic mass is 16.6. The molecule has 1 aromatic carbocycles. The predicted octanol–water partition coefficient (Wildman–Crippen LogP) is 1.92. The number of non-ortho nitro benzene ring substituents is 1. The molecule has 0 aromatic heterocycles. The van der Waals surface area contributed by atoms with Crippen molar-refractivity contribution in [1.29, 1.82) is 0 Å². The van der Waals surface area contributed by atoms with Gasteiger partial charge in [-0.2, -0.15) is 0 Å². The van der Waals surface area contributed by atoms with E-state index in [1.165, 1.54) is 19.2 Å². The molecule has 2 N–H and O–H groups in total. The third-order valence-electron chi connectivity index (χ3n) is 3.04. The maximum absolute atomic E-state index is 12.0. The molecule has 0 radical (unpaired) electrons. The molecule has 0 aliphatic heterocycles. The van der Waals surface area contributed by atoms with Gasteiger partial charge in [0.25, 0.3) is 5.69 Å². The van der Waals surface area contributed by atoms with E-state index in [9.17, 15) is 19.7 Å². The summed E-state index contributed by atoms with van der Waals surface area (Å²) < 4.78 is 9.76. The molecule has 25 heavy (non-hydrogen) atoms. The van der Waals surface area contributed by atoms with E-state index < -0.39 is 28.6 Å². The zero-order valence-corrected chi connectivity index (χ0v) is 14.7. The van der Waals surface area contributed by atoms with Crippen molar-refractivity contribution in [3.63, 3.8) is 0 Å². The number of carbonyl (C=O) groups is 2. The molecular weight excluding hydrogens is 330 g/mol. The zero-order chi connectivity index (χ0) is 19.0. The Morgan fingerprint density at radius 1 is 1.24 bits per heavy atom. The number of esters is 1. The van der Waals surface area contributed by atoms with Gasteiger partial charge in [0.15, 0.2) is 0 Å². The van der Waals surface area contributed by atoms with Crippen LogP contribution in [0.25, 0.3) is 0 Å². The van der Waals surface area contributed by atoms with E-state index in [4.69, 9.17) is 4.74 Å². The number of rotatable bonds is 7. The molecule has 0 spiro atoms. The lowest BCUT2D eigenvalue weighted by atomic mass is 10.1. The number of ether oxygens (including phenoxy) is 2. The summed E-state index contributed by atoms with van der Waals surface area (Å²) in [7, 11) is 1.27. The van der Waals surface area contributed by atoms with E-state index in [1.807, 2.05) is 0 Å². The van der Waals surface area contributed by atoms with Crippen LogP contribution in [-0.4, -0.2) is 42.8 Å². The van der Waals surface area contributed by atoms with Gasteiger partial charge in [0.05, 0.1) is 24.6 Å². The Labute approximate surface area is 145 Å². The van der Waals surface area contributed by atoms with Gasteiger partial charge in [-0.3, -0.25) is 14.9 Å². The van der Waals surface area contributed by atoms with Crippen LogP contribution >= 0.6 is 0 Å². The molecule has 9 nitrogen and oxygen atoms in total. The van der Waals surface area contributed by atoms with Gasteiger partial charge in [0.1, 0.15) is 5.60 Å². The number of nitro groups is 1. The second-order valence-corrected chi connectivity index (χ2v) is 6.25. The largest absolute Gasteiger partial charge is 0.468 e. The number of amides is 1. The van der Waals surface area contributed by atoms with Crippen molar-refractivity contribution in [3.05, 3.63) is 39.9 Å². The van der Waals surface area contributed by atoms with Crippen LogP contribution in [0.5, 0.6) is 0 Å². The van der Waals surface area contributed by atoms with Crippen LogP contribution in [0.3, 0.4) is 0 Å². The van der Waals surface area contributed by atoms with E-state index in [0.717, 1.165) is 0 Å². The summed E-state index contributed by atoms with van der Waals surface area (Å²) in [6, 6.07) is 5.24. The Kier molecular flexibility index (Phi) is 7.31. The van der Waals surface area contributed by atoms with E-state index in [-0.39, 0.29) is 18.8 Å². The molecule has 0 fully saturated rings. The summed E-state index contributed by atoms with van der Waals surface area (Å²) in [5.74, 6) is -0.445. The zero-order valence-electron chi connectivity index (χ0n) is 14.7. The summed E-state index contributed by atoms with van der Waals surface area (Å²) in [4.78, 5) is 33.4. The molecule has 1 atom stereocenters. The molecule has 1 amide bonds. The highest BCUT2D eigenvalue weighted by molar-refractivity contribution is 5.71. The summed E-state index contributed by atoms with van der Waals surface area (Å²) >= 11 is 0. The maximum Gasteiger partial charge on any atom is 0.408 e. The number of hydrogen-bond acceptors (Lipinski definition) is 7. The number of nitrogens with zero attached hydrogens (tertiary/aromatic N) is 1. The lowest BCUT2D eigenvalue weighted by Crippen LogP contribution is -2.40. The SMILES string of the molecule is COC(=O)CNC[C@H](NC(=O)OC(C)(C)C)c1ccc([N+](=O)[O-])cc1. The third kappa shape index (κ3) is 7.62. The fourth-order valence-corrected chi connectivity index (χ4v) is 1.92. The molecule has 9 heteroatoms. The highest BCUT2D eigenvalue weighted by Crippen LogP contribution is 2.18. The number of alkyl carbamates (subject to hydrolysis) is 1. The quantitative estimate of drug-likeness (QED) is 0.436. The Bertz CT molecular complexity index is 609. The summed E-state index contributed by atoms with van der Waals surface area (Å²) in [6.07, 6.45) is -0.629. The molecular formula is C16H23N3O6. The van der Waals surface area contributed by atoms with E-state index in [1.54, 1.807) is 32.9 Å². The Balaban J connectivity index is 2.84. The van der Waals surface area contributed by atoms with Crippen LogP contribution in [0.1, 0.15) is 32.4 Å². The normalized spacial score (nSPS) is 12.2.